The molecule has 0 heterocycles. The second kappa shape index (κ2) is 5.87. The van der Waals surface area contributed by atoms with Crippen LogP contribution in [0.15, 0.2) is 59.6 Å². The first-order valence-corrected chi connectivity index (χ1v) is 6.65. The van der Waals surface area contributed by atoms with Crippen LogP contribution in [0.25, 0.3) is 0 Å². The standard InChI is InChI=1S/C16H15BrO/c1-2-6-14-15(18)10-9-13(16(14)17)11-12-7-4-3-5-8-12/h2-5,7-10,18H,1,6,11H2. The fourth-order valence-corrected chi connectivity index (χ4v) is 2.59. The molecule has 1 nitrogen and oxygen atoms in total. The summed E-state index contributed by atoms with van der Waals surface area (Å²) in [6, 6.07) is 14.0. The van der Waals surface area contributed by atoms with Gasteiger partial charge in [-0.15, -0.1) is 6.58 Å². The third-order valence-corrected chi connectivity index (χ3v) is 3.87. The van der Waals surface area contributed by atoms with Crippen LogP contribution in [0.1, 0.15) is 16.7 Å². The highest BCUT2D eigenvalue weighted by atomic mass is 79.9. The van der Waals surface area contributed by atoms with Crippen molar-refractivity contribution in [2.45, 2.75) is 12.8 Å². The molecule has 2 rings (SSSR count). The Hall–Kier alpha value is -1.54. The normalized spacial score (nSPS) is 10.3. The SMILES string of the molecule is C=CCc1c(O)ccc(Cc2ccccc2)c1Br. The second-order valence-corrected chi connectivity index (χ2v) is 4.98. The first kappa shape index (κ1) is 12.9. The van der Waals surface area contributed by atoms with Gasteiger partial charge < -0.3 is 5.11 Å². The Morgan fingerprint density at radius 1 is 1.11 bits per heavy atom. The largest absolute Gasteiger partial charge is 0.508 e. The van der Waals surface area contributed by atoms with E-state index >= 15 is 0 Å². The summed E-state index contributed by atoms with van der Waals surface area (Å²) >= 11 is 3.58. The van der Waals surface area contributed by atoms with Crippen molar-refractivity contribution in [3.63, 3.8) is 0 Å². The predicted octanol–water partition coefficient (Wildman–Crippen LogP) is 4.47. The zero-order valence-corrected chi connectivity index (χ0v) is 11.7. The van der Waals surface area contributed by atoms with E-state index in [-0.39, 0.29) is 0 Å². The number of allylic oxidation sites excluding steroid dienone is 1. The molecule has 1 N–H and O–H groups in total. The summed E-state index contributed by atoms with van der Waals surface area (Å²) < 4.78 is 0.978. The molecule has 0 bridgehead atoms. The first-order chi connectivity index (χ1) is 8.72. The summed E-state index contributed by atoms with van der Waals surface area (Å²) in [6.45, 7) is 3.72. The zero-order chi connectivity index (χ0) is 13.0. The molecule has 18 heavy (non-hydrogen) atoms. The van der Waals surface area contributed by atoms with Crippen molar-refractivity contribution in [2.75, 3.05) is 0 Å². The molecule has 0 aromatic heterocycles. The summed E-state index contributed by atoms with van der Waals surface area (Å²) in [6.07, 6.45) is 3.31. The lowest BCUT2D eigenvalue weighted by Crippen LogP contribution is -1.94. The molecule has 0 radical (unpaired) electrons. The Balaban J connectivity index is 2.34. The average Bonchev–Trinajstić information content (AvgIpc) is 2.39. The lowest BCUT2D eigenvalue weighted by Gasteiger charge is -2.11. The van der Waals surface area contributed by atoms with Crippen LogP contribution in [0.3, 0.4) is 0 Å². The minimum absolute atomic E-state index is 0.318. The minimum atomic E-state index is 0.318. The lowest BCUT2D eigenvalue weighted by atomic mass is 10.0. The molecule has 2 aromatic carbocycles. The van der Waals surface area contributed by atoms with Crippen LogP contribution in [0.2, 0.25) is 0 Å². The average molecular weight is 303 g/mol. The van der Waals surface area contributed by atoms with E-state index in [2.05, 4.69) is 34.6 Å². The van der Waals surface area contributed by atoms with E-state index in [1.807, 2.05) is 24.3 Å². The fraction of sp³-hybridized carbons (Fsp3) is 0.125. The number of hydrogen-bond acceptors (Lipinski definition) is 1. The number of phenols is 1. The molecule has 0 fully saturated rings. The molecule has 92 valence electrons. The molecule has 0 aliphatic heterocycles. The van der Waals surface area contributed by atoms with E-state index in [0.29, 0.717) is 12.2 Å². The van der Waals surface area contributed by atoms with Crippen molar-refractivity contribution in [1.82, 2.24) is 0 Å². The summed E-state index contributed by atoms with van der Waals surface area (Å²) in [7, 11) is 0. The third-order valence-electron chi connectivity index (χ3n) is 2.88. The van der Waals surface area contributed by atoms with Gasteiger partial charge in [0, 0.05) is 10.0 Å². The number of benzene rings is 2. The molecule has 0 spiro atoms. The highest BCUT2D eigenvalue weighted by molar-refractivity contribution is 9.10. The van der Waals surface area contributed by atoms with Crippen molar-refractivity contribution < 1.29 is 5.11 Å². The highest BCUT2D eigenvalue weighted by Gasteiger charge is 2.10. The third kappa shape index (κ3) is 2.82. The molecule has 0 unspecified atom stereocenters. The van der Waals surface area contributed by atoms with Crippen molar-refractivity contribution in [3.05, 3.63) is 76.3 Å². The van der Waals surface area contributed by atoms with Crippen molar-refractivity contribution in [3.8, 4) is 5.75 Å². The van der Waals surface area contributed by atoms with Gasteiger partial charge in [0.2, 0.25) is 0 Å². The van der Waals surface area contributed by atoms with E-state index in [1.54, 1.807) is 12.1 Å². The lowest BCUT2D eigenvalue weighted by molar-refractivity contribution is 0.469. The molecule has 2 heteroatoms. The van der Waals surface area contributed by atoms with Crippen molar-refractivity contribution in [2.24, 2.45) is 0 Å². The number of halogens is 1. The predicted molar refractivity (Wildman–Crippen MR) is 79.0 cm³/mol. The topological polar surface area (TPSA) is 20.2 Å². The summed E-state index contributed by atoms with van der Waals surface area (Å²) in [5, 5.41) is 9.84. The van der Waals surface area contributed by atoms with Gasteiger partial charge in [0.25, 0.3) is 0 Å². The summed E-state index contributed by atoms with van der Waals surface area (Å²) in [5.41, 5.74) is 3.34. The van der Waals surface area contributed by atoms with Crippen LogP contribution in [-0.2, 0) is 12.8 Å². The van der Waals surface area contributed by atoms with Crippen LogP contribution in [0, 0.1) is 0 Å². The number of rotatable bonds is 4. The highest BCUT2D eigenvalue weighted by Crippen LogP contribution is 2.31. The number of aromatic hydroxyl groups is 1. The summed E-state index contributed by atoms with van der Waals surface area (Å²) in [4.78, 5) is 0. The van der Waals surface area contributed by atoms with E-state index in [0.717, 1.165) is 16.5 Å². The van der Waals surface area contributed by atoms with E-state index in [1.165, 1.54) is 11.1 Å². The van der Waals surface area contributed by atoms with Gasteiger partial charge in [-0.1, -0.05) is 58.4 Å². The van der Waals surface area contributed by atoms with E-state index < -0.39 is 0 Å². The van der Waals surface area contributed by atoms with E-state index in [9.17, 15) is 5.11 Å². The van der Waals surface area contributed by atoms with Crippen molar-refractivity contribution >= 4 is 15.9 Å². The number of phenolic OH excluding ortho intramolecular Hbond substituents is 1. The molecule has 0 aliphatic rings. The number of hydrogen-bond donors (Lipinski definition) is 1. The van der Waals surface area contributed by atoms with Crippen LogP contribution >= 0.6 is 15.9 Å². The Labute approximate surface area is 116 Å². The molecule has 0 saturated heterocycles. The van der Waals surface area contributed by atoms with Crippen molar-refractivity contribution in [1.29, 1.82) is 0 Å². The van der Waals surface area contributed by atoms with Gasteiger partial charge in [0.05, 0.1) is 0 Å². The van der Waals surface area contributed by atoms with Crippen LogP contribution in [-0.4, -0.2) is 5.11 Å². The second-order valence-electron chi connectivity index (χ2n) is 4.19. The molecular formula is C16H15BrO. The first-order valence-electron chi connectivity index (χ1n) is 5.86. The molecule has 0 saturated carbocycles. The van der Waals surface area contributed by atoms with Gasteiger partial charge in [-0.3, -0.25) is 0 Å². The van der Waals surface area contributed by atoms with Crippen LogP contribution in [0.4, 0.5) is 0 Å². The van der Waals surface area contributed by atoms with Crippen LogP contribution in [0.5, 0.6) is 5.75 Å². The van der Waals surface area contributed by atoms with Gasteiger partial charge in [-0.05, 0) is 30.0 Å². The maximum Gasteiger partial charge on any atom is 0.120 e. The van der Waals surface area contributed by atoms with Gasteiger partial charge in [-0.2, -0.15) is 0 Å². The minimum Gasteiger partial charge on any atom is -0.508 e. The summed E-state index contributed by atoms with van der Waals surface area (Å²) in [5.74, 6) is 0.318. The molecular weight excluding hydrogens is 288 g/mol. The monoisotopic (exact) mass is 302 g/mol. The van der Waals surface area contributed by atoms with Gasteiger partial charge in [-0.25, -0.2) is 0 Å². The van der Waals surface area contributed by atoms with Gasteiger partial charge >= 0.3 is 0 Å². The molecule has 2 aromatic rings. The Morgan fingerprint density at radius 2 is 1.83 bits per heavy atom. The Bertz CT molecular complexity index is 547. The van der Waals surface area contributed by atoms with Crippen LogP contribution < -0.4 is 0 Å². The Kier molecular flexibility index (Phi) is 4.21. The molecule has 0 aliphatic carbocycles. The smallest absolute Gasteiger partial charge is 0.120 e. The molecule has 0 atom stereocenters. The van der Waals surface area contributed by atoms with Gasteiger partial charge in [0.1, 0.15) is 5.75 Å². The Morgan fingerprint density at radius 3 is 2.50 bits per heavy atom. The fourth-order valence-electron chi connectivity index (χ4n) is 1.95. The maximum absolute atomic E-state index is 9.84. The molecule has 0 amide bonds. The quantitative estimate of drug-likeness (QED) is 0.826. The van der Waals surface area contributed by atoms with E-state index in [4.69, 9.17) is 0 Å². The maximum atomic E-state index is 9.84. The van der Waals surface area contributed by atoms with Gasteiger partial charge in [0.15, 0.2) is 0 Å². The zero-order valence-electron chi connectivity index (χ0n) is 10.1.